The molecule has 1 atom stereocenters. The third kappa shape index (κ3) is 6.61. The van der Waals surface area contributed by atoms with Gasteiger partial charge in [-0.05, 0) is 62.9 Å². The number of likely N-dealkylation sites (tertiary alicyclic amines) is 1. The Kier molecular flexibility index (Phi) is 8.72. The summed E-state index contributed by atoms with van der Waals surface area (Å²) in [6, 6.07) is 6.55. The molecule has 0 radical (unpaired) electrons. The zero-order chi connectivity index (χ0) is 19.6. The van der Waals surface area contributed by atoms with Gasteiger partial charge < -0.3 is 20.1 Å². The van der Waals surface area contributed by atoms with Crippen LogP contribution in [0.1, 0.15) is 32.3 Å². The fourth-order valence-electron chi connectivity index (χ4n) is 3.42. The Balaban J connectivity index is 1.74. The molecule has 1 aliphatic rings. The van der Waals surface area contributed by atoms with Crippen LogP contribution in [0, 0.1) is 5.92 Å². The number of nitrogens with one attached hydrogen (secondary N) is 2. The maximum atomic E-state index is 5.37. The van der Waals surface area contributed by atoms with E-state index in [1.807, 2.05) is 19.2 Å². The van der Waals surface area contributed by atoms with Crippen LogP contribution in [0.4, 0.5) is 0 Å². The average Bonchev–Trinajstić information content (AvgIpc) is 2.70. The van der Waals surface area contributed by atoms with Crippen molar-refractivity contribution < 1.29 is 9.47 Å². The molecule has 0 spiro atoms. The van der Waals surface area contributed by atoms with E-state index in [0.717, 1.165) is 42.9 Å². The molecule has 1 aliphatic heterocycles. The molecule has 6 nitrogen and oxygen atoms in total. The molecular formula is C21H36N4O2. The van der Waals surface area contributed by atoms with E-state index in [1.54, 1.807) is 14.2 Å². The predicted octanol–water partition coefficient (Wildman–Crippen LogP) is 2.53. The summed E-state index contributed by atoms with van der Waals surface area (Å²) in [5.41, 5.74) is 1.20. The number of guanidine groups is 1. The first-order valence-electron chi connectivity index (χ1n) is 9.96. The Bertz CT molecular complexity index is 598. The van der Waals surface area contributed by atoms with Crippen molar-refractivity contribution in [2.45, 2.75) is 39.2 Å². The molecule has 2 N–H and O–H groups in total. The molecular weight excluding hydrogens is 340 g/mol. The summed E-state index contributed by atoms with van der Waals surface area (Å²) in [5, 5.41) is 6.85. The number of ether oxygens (including phenoxy) is 2. The predicted molar refractivity (Wildman–Crippen MR) is 112 cm³/mol. The summed E-state index contributed by atoms with van der Waals surface area (Å²) in [5.74, 6) is 3.25. The molecule has 0 aliphatic carbocycles. The first kappa shape index (κ1) is 21.4. The van der Waals surface area contributed by atoms with Crippen LogP contribution < -0.4 is 20.1 Å². The van der Waals surface area contributed by atoms with E-state index in [4.69, 9.17) is 9.47 Å². The highest BCUT2D eigenvalue weighted by molar-refractivity contribution is 5.79. The van der Waals surface area contributed by atoms with Crippen molar-refractivity contribution >= 4 is 5.96 Å². The molecule has 1 unspecified atom stereocenters. The number of nitrogens with zero attached hydrogens (tertiary/aromatic N) is 2. The lowest BCUT2D eigenvalue weighted by molar-refractivity contribution is 0.147. The molecule has 1 heterocycles. The summed E-state index contributed by atoms with van der Waals surface area (Å²) >= 11 is 0. The van der Waals surface area contributed by atoms with Gasteiger partial charge in [0.1, 0.15) is 0 Å². The van der Waals surface area contributed by atoms with Crippen LogP contribution >= 0.6 is 0 Å². The van der Waals surface area contributed by atoms with Crippen LogP contribution in [-0.2, 0) is 6.42 Å². The van der Waals surface area contributed by atoms with E-state index < -0.39 is 0 Å². The number of methoxy groups -OCH3 is 2. The van der Waals surface area contributed by atoms with Crippen molar-refractivity contribution in [1.82, 2.24) is 15.5 Å². The van der Waals surface area contributed by atoms with E-state index >= 15 is 0 Å². The molecule has 1 saturated heterocycles. The van der Waals surface area contributed by atoms with Gasteiger partial charge in [0.15, 0.2) is 17.5 Å². The highest BCUT2D eigenvalue weighted by Crippen LogP contribution is 2.27. The largest absolute Gasteiger partial charge is 0.493 e. The molecule has 1 aromatic rings. The molecule has 1 aromatic carbocycles. The summed E-state index contributed by atoms with van der Waals surface area (Å²) in [6.45, 7) is 8.77. The first-order valence-corrected chi connectivity index (χ1v) is 9.96. The monoisotopic (exact) mass is 376 g/mol. The van der Waals surface area contributed by atoms with Gasteiger partial charge in [-0.1, -0.05) is 13.0 Å². The van der Waals surface area contributed by atoms with Crippen molar-refractivity contribution in [3.63, 3.8) is 0 Å². The third-order valence-electron chi connectivity index (χ3n) is 5.38. The minimum absolute atomic E-state index is 0.516. The fourth-order valence-corrected chi connectivity index (χ4v) is 3.42. The number of piperidine rings is 1. The zero-order valence-corrected chi connectivity index (χ0v) is 17.5. The Morgan fingerprint density at radius 3 is 2.52 bits per heavy atom. The van der Waals surface area contributed by atoms with Crippen molar-refractivity contribution in [1.29, 1.82) is 0 Å². The van der Waals surface area contributed by atoms with Crippen LogP contribution in [0.2, 0.25) is 0 Å². The van der Waals surface area contributed by atoms with Crippen molar-refractivity contribution in [3.05, 3.63) is 23.8 Å². The third-order valence-corrected chi connectivity index (χ3v) is 5.38. The van der Waals surface area contributed by atoms with Gasteiger partial charge in [-0.25, -0.2) is 0 Å². The van der Waals surface area contributed by atoms with Crippen LogP contribution in [0.15, 0.2) is 23.2 Å². The minimum atomic E-state index is 0.516. The molecule has 6 heteroatoms. The molecule has 152 valence electrons. The average molecular weight is 377 g/mol. The topological polar surface area (TPSA) is 58.1 Å². The van der Waals surface area contributed by atoms with Crippen LogP contribution in [0.3, 0.4) is 0 Å². The van der Waals surface area contributed by atoms with Crippen LogP contribution in [-0.4, -0.2) is 64.3 Å². The van der Waals surface area contributed by atoms with Gasteiger partial charge in [-0.3, -0.25) is 9.89 Å². The molecule has 1 fully saturated rings. The standard InChI is InChI=1S/C21H36N4O2/c1-16-9-12-25(13-10-16)17(2)15-24-21(22-3)23-11-8-18-6-7-19(26-4)20(14-18)27-5/h6-7,14,16-17H,8-13,15H2,1-5H3,(H2,22,23,24). The minimum Gasteiger partial charge on any atom is -0.493 e. The van der Waals surface area contributed by atoms with Gasteiger partial charge in [-0.2, -0.15) is 0 Å². The van der Waals surface area contributed by atoms with Gasteiger partial charge in [0.2, 0.25) is 0 Å². The molecule has 0 saturated carbocycles. The second-order valence-corrected chi connectivity index (χ2v) is 7.39. The Morgan fingerprint density at radius 1 is 1.19 bits per heavy atom. The highest BCUT2D eigenvalue weighted by Gasteiger charge is 2.20. The second kappa shape index (κ2) is 11.0. The van der Waals surface area contributed by atoms with Crippen molar-refractivity contribution in [3.8, 4) is 11.5 Å². The lowest BCUT2D eigenvalue weighted by Gasteiger charge is -2.35. The van der Waals surface area contributed by atoms with E-state index in [1.165, 1.54) is 31.5 Å². The lowest BCUT2D eigenvalue weighted by atomic mass is 9.98. The SMILES string of the molecule is CN=C(NCCc1ccc(OC)c(OC)c1)NCC(C)N1CCC(C)CC1. The van der Waals surface area contributed by atoms with Gasteiger partial charge >= 0.3 is 0 Å². The number of hydrogen-bond donors (Lipinski definition) is 2. The Morgan fingerprint density at radius 2 is 1.89 bits per heavy atom. The lowest BCUT2D eigenvalue weighted by Crippen LogP contribution is -2.48. The molecule has 2 rings (SSSR count). The quantitative estimate of drug-likeness (QED) is 0.539. The van der Waals surface area contributed by atoms with Crippen LogP contribution in [0.25, 0.3) is 0 Å². The Labute approximate surface area is 164 Å². The molecule has 0 amide bonds. The second-order valence-electron chi connectivity index (χ2n) is 7.39. The van der Waals surface area contributed by atoms with E-state index in [0.29, 0.717) is 6.04 Å². The molecule has 27 heavy (non-hydrogen) atoms. The molecule has 0 aromatic heterocycles. The number of benzene rings is 1. The van der Waals surface area contributed by atoms with E-state index in [9.17, 15) is 0 Å². The smallest absolute Gasteiger partial charge is 0.191 e. The summed E-state index contributed by atoms with van der Waals surface area (Å²) in [7, 11) is 5.13. The van der Waals surface area contributed by atoms with Gasteiger partial charge in [0.25, 0.3) is 0 Å². The molecule has 0 bridgehead atoms. The number of rotatable bonds is 8. The zero-order valence-electron chi connectivity index (χ0n) is 17.5. The highest BCUT2D eigenvalue weighted by atomic mass is 16.5. The van der Waals surface area contributed by atoms with Crippen molar-refractivity contribution in [2.75, 3.05) is 47.4 Å². The summed E-state index contributed by atoms with van der Waals surface area (Å²) in [4.78, 5) is 6.91. The van der Waals surface area contributed by atoms with E-state index in [-0.39, 0.29) is 0 Å². The van der Waals surface area contributed by atoms with Crippen LogP contribution in [0.5, 0.6) is 11.5 Å². The Hall–Kier alpha value is -1.95. The number of aliphatic imine (C=N–C) groups is 1. The fraction of sp³-hybridized carbons (Fsp3) is 0.667. The summed E-state index contributed by atoms with van der Waals surface area (Å²) in [6.07, 6.45) is 3.51. The van der Waals surface area contributed by atoms with E-state index in [2.05, 4.69) is 40.4 Å². The normalized spacial score (nSPS) is 17.4. The van der Waals surface area contributed by atoms with Gasteiger partial charge in [-0.15, -0.1) is 0 Å². The maximum Gasteiger partial charge on any atom is 0.191 e. The van der Waals surface area contributed by atoms with Gasteiger partial charge in [0.05, 0.1) is 14.2 Å². The summed E-state index contributed by atoms with van der Waals surface area (Å²) < 4.78 is 10.7. The van der Waals surface area contributed by atoms with Crippen molar-refractivity contribution in [2.24, 2.45) is 10.9 Å². The maximum absolute atomic E-state index is 5.37. The van der Waals surface area contributed by atoms with Gasteiger partial charge in [0, 0.05) is 26.2 Å². The first-order chi connectivity index (χ1) is 13.1. The number of hydrogen-bond acceptors (Lipinski definition) is 4.